The van der Waals surface area contributed by atoms with Crippen molar-refractivity contribution in [2.24, 2.45) is 12.5 Å². The zero-order valence-corrected chi connectivity index (χ0v) is 19.9. The maximum absolute atomic E-state index is 13.0. The summed E-state index contributed by atoms with van der Waals surface area (Å²) in [6.07, 6.45) is 7.06. The molecule has 0 spiro atoms. The molecule has 0 aliphatic carbocycles. The van der Waals surface area contributed by atoms with Crippen molar-refractivity contribution < 1.29 is 4.79 Å². The summed E-state index contributed by atoms with van der Waals surface area (Å²) in [5, 5.41) is 8.06. The first-order valence-corrected chi connectivity index (χ1v) is 11.9. The highest BCUT2D eigenvalue weighted by atomic mass is 32.1. The summed E-state index contributed by atoms with van der Waals surface area (Å²) in [5.41, 5.74) is 2.91. The molecule has 1 aliphatic rings. The van der Waals surface area contributed by atoms with Crippen LogP contribution in [0.1, 0.15) is 24.2 Å². The van der Waals surface area contributed by atoms with Gasteiger partial charge in [0.2, 0.25) is 0 Å². The molecule has 0 radical (unpaired) electrons. The Morgan fingerprint density at radius 1 is 1.24 bits per heavy atom. The van der Waals surface area contributed by atoms with Gasteiger partial charge in [-0.25, -0.2) is 9.50 Å². The highest BCUT2D eigenvalue weighted by molar-refractivity contribution is 7.21. The summed E-state index contributed by atoms with van der Waals surface area (Å²) >= 11 is 1.46. The van der Waals surface area contributed by atoms with E-state index in [0.717, 1.165) is 35.0 Å². The van der Waals surface area contributed by atoms with Crippen LogP contribution in [0.15, 0.2) is 35.8 Å². The van der Waals surface area contributed by atoms with Crippen LogP contribution in [-0.4, -0.2) is 66.1 Å². The second-order valence-corrected chi connectivity index (χ2v) is 10.7. The predicted molar refractivity (Wildman–Crippen MR) is 131 cm³/mol. The zero-order chi connectivity index (χ0) is 23.6. The molecule has 1 fully saturated rings. The number of nitrogens with zero attached hydrogens (tertiary/aromatic N) is 6. The van der Waals surface area contributed by atoms with Crippen LogP contribution in [0.5, 0.6) is 0 Å². The van der Waals surface area contributed by atoms with Gasteiger partial charge in [-0.1, -0.05) is 13.8 Å². The van der Waals surface area contributed by atoms with Gasteiger partial charge in [-0.2, -0.15) is 5.10 Å². The van der Waals surface area contributed by atoms with E-state index in [1.54, 1.807) is 16.9 Å². The van der Waals surface area contributed by atoms with E-state index in [1.165, 1.54) is 17.5 Å². The number of pyridine rings is 2. The van der Waals surface area contributed by atoms with E-state index in [0.29, 0.717) is 39.5 Å². The molecule has 5 aromatic heterocycles. The summed E-state index contributed by atoms with van der Waals surface area (Å²) in [7, 11) is 1.91. The molecule has 0 atom stereocenters. The third-order valence-corrected chi connectivity index (χ3v) is 7.26. The molecule has 0 unspecified atom stereocenters. The van der Waals surface area contributed by atoms with Gasteiger partial charge in [0.15, 0.2) is 0 Å². The second-order valence-electron chi connectivity index (χ2n) is 9.70. The first-order valence-electron chi connectivity index (χ1n) is 11.1. The third-order valence-electron chi connectivity index (χ3n) is 6.14. The molecule has 0 bridgehead atoms. The van der Waals surface area contributed by atoms with E-state index in [-0.39, 0.29) is 11.5 Å². The molecule has 6 heterocycles. The first kappa shape index (κ1) is 21.0. The van der Waals surface area contributed by atoms with E-state index in [2.05, 4.69) is 44.1 Å². The molecule has 0 aromatic carbocycles. The number of H-pyrrole nitrogens is 1. The van der Waals surface area contributed by atoms with Gasteiger partial charge in [-0.15, -0.1) is 11.3 Å². The summed E-state index contributed by atoms with van der Waals surface area (Å²) in [5.74, 6) is -0.207. The third kappa shape index (κ3) is 3.48. The van der Waals surface area contributed by atoms with Gasteiger partial charge in [0.1, 0.15) is 21.3 Å². The number of aromatic amines is 1. The summed E-state index contributed by atoms with van der Waals surface area (Å²) < 4.78 is 3.58. The number of carbonyl (C=O) groups is 1. The number of amides is 1. The summed E-state index contributed by atoms with van der Waals surface area (Å²) in [6.45, 7) is 7.96. The van der Waals surface area contributed by atoms with E-state index >= 15 is 0 Å². The number of likely N-dealkylation sites (tertiary alicyclic amines) is 1. The molecule has 10 nitrogen and oxygen atoms in total. The number of thiazole rings is 1. The predicted octanol–water partition coefficient (Wildman–Crippen LogP) is 2.26. The number of aryl methyl sites for hydroxylation is 1. The Morgan fingerprint density at radius 2 is 2.06 bits per heavy atom. The number of hydrogen-bond acceptors (Lipinski definition) is 7. The van der Waals surface area contributed by atoms with Crippen molar-refractivity contribution in [2.45, 2.75) is 13.8 Å². The standard InChI is InChI=1S/C23H24N8O2S/c1-23(2)10-30(11-23)5-4-24-20(32)13-6-14-18(25-7-13)19-17(21(33)27-14)22-31(28-19)9-16(34-22)15-8-29(3)12-26-15/h6-9,12H,4-5,10-11H2,1-3H3,(H,24,32)(H,27,33). The van der Waals surface area contributed by atoms with Crippen molar-refractivity contribution >= 4 is 44.0 Å². The maximum Gasteiger partial charge on any atom is 0.261 e. The maximum atomic E-state index is 13.0. The van der Waals surface area contributed by atoms with Crippen LogP contribution < -0.4 is 10.9 Å². The fourth-order valence-electron chi connectivity index (χ4n) is 4.68. The fraction of sp³-hybridized carbons (Fsp3) is 0.348. The Kier molecular flexibility index (Phi) is 4.61. The SMILES string of the molecule is Cn1cnc(-c2cn3nc4c5ncc(C(=O)NCCN6CC(C)(C)C6)cc5[nH]c(=O)c4c3s2)c1. The normalized spacial score (nSPS) is 15.9. The molecule has 5 aromatic rings. The van der Waals surface area contributed by atoms with Crippen molar-refractivity contribution in [3.63, 3.8) is 0 Å². The fourth-order valence-corrected chi connectivity index (χ4v) is 5.73. The van der Waals surface area contributed by atoms with Crippen LogP contribution in [-0.2, 0) is 7.05 Å². The van der Waals surface area contributed by atoms with Crippen LogP contribution >= 0.6 is 11.3 Å². The second kappa shape index (κ2) is 7.47. The Morgan fingerprint density at radius 3 is 2.79 bits per heavy atom. The molecular weight excluding hydrogens is 452 g/mol. The van der Waals surface area contributed by atoms with Crippen molar-refractivity contribution in [3.05, 3.63) is 46.9 Å². The van der Waals surface area contributed by atoms with Gasteiger partial charge in [0.25, 0.3) is 11.5 Å². The summed E-state index contributed by atoms with van der Waals surface area (Å²) in [4.78, 5) is 41.3. The van der Waals surface area contributed by atoms with Crippen LogP contribution in [0, 0.1) is 5.41 Å². The molecule has 34 heavy (non-hydrogen) atoms. The average molecular weight is 477 g/mol. The quantitative estimate of drug-likeness (QED) is 0.402. The minimum Gasteiger partial charge on any atom is -0.351 e. The van der Waals surface area contributed by atoms with Crippen LogP contribution in [0.4, 0.5) is 0 Å². The van der Waals surface area contributed by atoms with Crippen molar-refractivity contribution in [2.75, 3.05) is 26.2 Å². The van der Waals surface area contributed by atoms with Crippen molar-refractivity contribution in [1.82, 2.24) is 39.3 Å². The lowest BCUT2D eigenvalue weighted by Crippen LogP contribution is -2.54. The largest absolute Gasteiger partial charge is 0.351 e. The molecule has 1 amide bonds. The van der Waals surface area contributed by atoms with Gasteiger partial charge in [0.05, 0.1) is 28.0 Å². The zero-order valence-electron chi connectivity index (χ0n) is 19.1. The van der Waals surface area contributed by atoms with Gasteiger partial charge < -0.3 is 19.8 Å². The number of aromatic nitrogens is 6. The number of fused-ring (bicyclic) bond motifs is 5. The van der Waals surface area contributed by atoms with Crippen molar-refractivity contribution in [3.8, 4) is 10.6 Å². The summed E-state index contributed by atoms with van der Waals surface area (Å²) in [6, 6.07) is 1.66. The van der Waals surface area contributed by atoms with Crippen LogP contribution in [0.2, 0.25) is 0 Å². The number of hydrogen-bond donors (Lipinski definition) is 2. The highest BCUT2D eigenvalue weighted by Crippen LogP contribution is 2.32. The van der Waals surface area contributed by atoms with E-state index < -0.39 is 0 Å². The molecule has 0 saturated carbocycles. The average Bonchev–Trinajstić information content (AvgIpc) is 3.46. The molecule has 1 saturated heterocycles. The molecule has 2 N–H and O–H groups in total. The monoisotopic (exact) mass is 476 g/mol. The van der Waals surface area contributed by atoms with Gasteiger partial charge in [-0.3, -0.25) is 14.6 Å². The van der Waals surface area contributed by atoms with Crippen LogP contribution in [0.3, 0.4) is 0 Å². The Balaban J connectivity index is 1.28. The lowest BCUT2D eigenvalue weighted by molar-refractivity contribution is 0.0323. The molecule has 174 valence electrons. The first-order chi connectivity index (χ1) is 16.3. The van der Waals surface area contributed by atoms with E-state index in [1.807, 2.05) is 24.0 Å². The molecule has 1 aliphatic heterocycles. The molecular formula is C23H24N8O2S. The van der Waals surface area contributed by atoms with Crippen LogP contribution in [0.25, 0.3) is 37.3 Å². The number of nitrogens with one attached hydrogen (secondary N) is 2. The van der Waals surface area contributed by atoms with Crippen molar-refractivity contribution in [1.29, 1.82) is 0 Å². The number of rotatable bonds is 5. The van der Waals surface area contributed by atoms with E-state index in [9.17, 15) is 9.59 Å². The van der Waals surface area contributed by atoms with E-state index in [4.69, 9.17) is 0 Å². The lowest BCUT2D eigenvalue weighted by Gasteiger charge is -2.45. The Labute approximate surface area is 198 Å². The minimum atomic E-state index is -0.258. The minimum absolute atomic E-state index is 0.207. The highest BCUT2D eigenvalue weighted by Gasteiger charge is 2.33. The Hall–Kier alpha value is -3.57. The smallest absolute Gasteiger partial charge is 0.261 e. The Bertz CT molecular complexity index is 1630. The molecule has 6 rings (SSSR count). The van der Waals surface area contributed by atoms with Gasteiger partial charge in [0, 0.05) is 51.8 Å². The topological polar surface area (TPSA) is 113 Å². The number of imidazole rings is 1. The number of carbonyl (C=O) groups excluding carboxylic acids is 1. The van der Waals surface area contributed by atoms with Gasteiger partial charge in [-0.05, 0) is 11.5 Å². The lowest BCUT2D eigenvalue weighted by atomic mass is 9.84. The van der Waals surface area contributed by atoms with Gasteiger partial charge >= 0.3 is 0 Å². The molecule has 11 heteroatoms.